The summed E-state index contributed by atoms with van der Waals surface area (Å²) in [6, 6.07) is 0. The number of carbonyl (C=O) groups is 2. The summed E-state index contributed by atoms with van der Waals surface area (Å²) < 4.78 is 27.6. The molecule has 2 N–H and O–H groups in total. The van der Waals surface area contributed by atoms with Crippen molar-refractivity contribution in [2.24, 2.45) is 11.1 Å². The van der Waals surface area contributed by atoms with Crippen molar-refractivity contribution in [3.8, 4) is 0 Å². The number of nitrogens with zero attached hydrogens (tertiary/aromatic N) is 2. The number of carbonyl (C=O) groups excluding carboxylic acids is 2. The second-order valence-electron chi connectivity index (χ2n) is 4.74. The minimum atomic E-state index is -3.64. The van der Waals surface area contributed by atoms with Gasteiger partial charge in [-0.05, 0) is 22.9 Å². The van der Waals surface area contributed by atoms with E-state index in [9.17, 15) is 18.0 Å². The first-order valence-corrected chi connectivity index (χ1v) is 9.68. The molecule has 0 radical (unpaired) electrons. The Hall–Kier alpha value is -1.04. The van der Waals surface area contributed by atoms with Crippen molar-refractivity contribution in [1.82, 2.24) is 4.98 Å². The van der Waals surface area contributed by atoms with E-state index in [1.807, 2.05) is 0 Å². The lowest BCUT2D eigenvalue weighted by Crippen LogP contribution is -2.27. The molecule has 2 heterocycles. The van der Waals surface area contributed by atoms with Crippen LogP contribution in [0.25, 0.3) is 0 Å². The maximum Gasteiger partial charge on any atom is 0.359 e. The molecule has 1 saturated heterocycles. The van der Waals surface area contributed by atoms with Gasteiger partial charge in [-0.3, -0.25) is 9.69 Å². The predicted octanol–water partition coefficient (Wildman–Crippen LogP) is 0.724. The van der Waals surface area contributed by atoms with E-state index in [4.69, 9.17) is 9.88 Å². The van der Waals surface area contributed by atoms with E-state index >= 15 is 0 Å². The van der Waals surface area contributed by atoms with Crippen LogP contribution in [0.2, 0.25) is 0 Å². The second-order valence-corrected chi connectivity index (χ2v) is 8.70. The molecule has 0 saturated carbocycles. The number of amides is 1. The third-order valence-electron chi connectivity index (χ3n) is 2.95. The van der Waals surface area contributed by atoms with Gasteiger partial charge in [0.2, 0.25) is 15.9 Å². The summed E-state index contributed by atoms with van der Waals surface area (Å²) in [5.74, 6) is -1.46. The number of nitrogens with two attached hydrogens (primary N) is 1. The van der Waals surface area contributed by atoms with Gasteiger partial charge in [-0.1, -0.05) is 11.3 Å². The highest BCUT2D eigenvalue weighted by Crippen LogP contribution is 2.34. The van der Waals surface area contributed by atoms with Gasteiger partial charge in [-0.15, -0.1) is 0 Å². The molecule has 1 unspecified atom stereocenters. The van der Waals surface area contributed by atoms with Gasteiger partial charge in [0.05, 0.1) is 12.4 Å². The fourth-order valence-electron chi connectivity index (χ4n) is 2.14. The molecule has 1 fully saturated rings. The lowest BCUT2D eigenvalue weighted by Gasteiger charge is -2.12. The van der Waals surface area contributed by atoms with Gasteiger partial charge in [0.15, 0.2) is 10.8 Å². The van der Waals surface area contributed by atoms with E-state index < -0.39 is 16.0 Å². The maximum atomic E-state index is 12.0. The Bertz CT molecular complexity index is 703. The Balaban J connectivity index is 2.17. The van der Waals surface area contributed by atoms with Crippen LogP contribution in [0.1, 0.15) is 23.8 Å². The zero-order valence-corrected chi connectivity index (χ0v) is 14.8. The zero-order valence-electron chi connectivity index (χ0n) is 11.6. The van der Waals surface area contributed by atoms with Gasteiger partial charge < -0.3 is 4.74 Å². The number of sulfonamides is 1. The average Bonchev–Trinajstić information content (AvgIpc) is 2.91. The van der Waals surface area contributed by atoms with Gasteiger partial charge in [0.25, 0.3) is 0 Å². The molecule has 0 bridgehead atoms. The molecule has 22 heavy (non-hydrogen) atoms. The molecule has 8 nitrogen and oxygen atoms in total. The molecule has 1 aliphatic heterocycles. The smallest absolute Gasteiger partial charge is 0.359 e. The number of anilines is 1. The molecule has 122 valence electrons. The number of hydrogen-bond acceptors (Lipinski definition) is 7. The van der Waals surface area contributed by atoms with Crippen LogP contribution in [0, 0.1) is 5.92 Å². The highest BCUT2D eigenvalue weighted by molar-refractivity contribution is 9.11. The second kappa shape index (κ2) is 6.60. The number of halogens is 1. The summed E-state index contributed by atoms with van der Waals surface area (Å²) in [6.45, 7) is 2.11. The van der Waals surface area contributed by atoms with Crippen LogP contribution in [0.5, 0.6) is 0 Å². The Morgan fingerprint density at radius 2 is 2.27 bits per heavy atom. The first-order valence-electron chi connectivity index (χ1n) is 6.35. The van der Waals surface area contributed by atoms with E-state index in [-0.39, 0.29) is 42.8 Å². The minimum Gasteiger partial charge on any atom is -0.461 e. The Kier molecular flexibility index (Phi) is 5.20. The zero-order chi connectivity index (χ0) is 16.5. The maximum absolute atomic E-state index is 12.0. The highest BCUT2D eigenvalue weighted by atomic mass is 79.9. The topological polar surface area (TPSA) is 120 Å². The lowest BCUT2D eigenvalue weighted by atomic mass is 10.1. The van der Waals surface area contributed by atoms with Crippen molar-refractivity contribution in [1.29, 1.82) is 0 Å². The SMILES string of the molecule is CCOC(=O)c1nc(N2CC(CS(N)(=O)=O)CC2=O)sc1Br. The molecular weight excluding hydrogens is 398 g/mol. The van der Waals surface area contributed by atoms with Crippen molar-refractivity contribution in [3.63, 3.8) is 0 Å². The number of rotatable bonds is 5. The molecule has 0 spiro atoms. The average molecular weight is 412 g/mol. The van der Waals surface area contributed by atoms with E-state index in [0.29, 0.717) is 8.92 Å². The number of esters is 1. The van der Waals surface area contributed by atoms with E-state index in [0.717, 1.165) is 11.3 Å². The molecule has 2 rings (SSSR count). The van der Waals surface area contributed by atoms with Crippen LogP contribution in [0.4, 0.5) is 5.13 Å². The normalized spacial score (nSPS) is 18.8. The molecule has 1 atom stereocenters. The number of hydrogen-bond donors (Lipinski definition) is 1. The van der Waals surface area contributed by atoms with Crippen LogP contribution in [-0.4, -0.2) is 44.2 Å². The summed E-state index contributed by atoms with van der Waals surface area (Å²) in [5, 5.41) is 5.34. The summed E-state index contributed by atoms with van der Waals surface area (Å²) >= 11 is 4.34. The lowest BCUT2D eigenvalue weighted by molar-refractivity contribution is -0.117. The standard InChI is InChI=1S/C11H14BrN3O5S2/c1-2-20-10(17)8-9(12)21-11(14-8)15-4-6(3-7(15)16)5-22(13,18)19/h6H,2-5H2,1H3,(H2,13,18,19). The molecule has 1 amide bonds. The van der Waals surface area contributed by atoms with Gasteiger partial charge in [-0.25, -0.2) is 23.3 Å². The summed E-state index contributed by atoms with van der Waals surface area (Å²) in [7, 11) is -3.64. The van der Waals surface area contributed by atoms with Crippen LogP contribution >= 0.6 is 27.3 Å². The third-order valence-corrected chi connectivity index (χ3v) is 5.61. The van der Waals surface area contributed by atoms with E-state index in [1.54, 1.807) is 6.92 Å². The van der Waals surface area contributed by atoms with E-state index in [2.05, 4.69) is 20.9 Å². The first kappa shape index (κ1) is 17.3. The van der Waals surface area contributed by atoms with Crippen LogP contribution < -0.4 is 10.0 Å². The Morgan fingerprint density at radius 1 is 1.59 bits per heavy atom. The third kappa shape index (κ3) is 4.03. The van der Waals surface area contributed by atoms with Gasteiger partial charge in [0, 0.05) is 18.9 Å². The fourth-order valence-corrected chi connectivity index (χ4v) is 4.51. The molecule has 11 heteroatoms. The number of ether oxygens (including phenoxy) is 1. The fraction of sp³-hybridized carbons (Fsp3) is 0.545. The van der Waals surface area contributed by atoms with Gasteiger partial charge >= 0.3 is 5.97 Å². The minimum absolute atomic E-state index is 0.0857. The van der Waals surface area contributed by atoms with Crippen LogP contribution in [-0.2, 0) is 19.6 Å². The van der Waals surface area contributed by atoms with Crippen molar-refractivity contribution in [2.45, 2.75) is 13.3 Å². The Morgan fingerprint density at radius 3 is 2.86 bits per heavy atom. The van der Waals surface area contributed by atoms with Crippen molar-refractivity contribution in [2.75, 3.05) is 23.8 Å². The molecule has 0 aromatic carbocycles. The van der Waals surface area contributed by atoms with Crippen molar-refractivity contribution < 1.29 is 22.7 Å². The Labute approximate surface area is 139 Å². The number of thiazole rings is 1. The summed E-state index contributed by atoms with van der Waals surface area (Å²) in [6.07, 6.45) is 0.0857. The first-order chi connectivity index (χ1) is 10.2. The molecular formula is C11H14BrN3O5S2. The number of primary sulfonamides is 1. The summed E-state index contributed by atoms with van der Waals surface area (Å²) in [4.78, 5) is 29.2. The van der Waals surface area contributed by atoms with E-state index in [1.165, 1.54) is 4.90 Å². The van der Waals surface area contributed by atoms with Gasteiger partial charge in [-0.2, -0.15) is 0 Å². The molecule has 1 aliphatic rings. The quantitative estimate of drug-likeness (QED) is 0.712. The molecule has 1 aromatic heterocycles. The van der Waals surface area contributed by atoms with Crippen LogP contribution in [0.3, 0.4) is 0 Å². The molecule has 1 aromatic rings. The van der Waals surface area contributed by atoms with Gasteiger partial charge in [0.1, 0.15) is 3.79 Å². The predicted molar refractivity (Wildman–Crippen MR) is 84.2 cm³/mol. The highest BCUT2D eigenvalue weighted by Gasteiger charge is 2.35. The van der Waals surface area contributed by atoms with Crippen molar-refractivity contribution in [3.05, 3.63) is 9.48 Å². The largest absolute Gasteiger partial charge is 0.461 e. The monoisotopic (exact) mass is 411 g/mol. The van der Waals surface area contributed by atoms with Crippen LogP contribution in [0.15, 0.2) is 3.79 Å². The number of aromatic nitrogens is 1. The van der Waals surface area contributed by atoms with Crippen molar-refractivity contribution >= 4 is 54.3 Å². The summed E-state index contributed by atoms with van der Waals surface area (Å²) in [5.41, 5.74) is 0.101. The molecule has 0 aliphatic carbocycles.